The molecule has 6 nitrogen and oxygen atoms in total. The molecule has 0 fully saturated rings. The molecular formula is C18H17N3O3. The lowest BCUT2D eigenvalue weighted by atomic mass is 10.1. The van der Waals surface area contributed by atoms with Crippen LogP contribution in [0.2, 0.25) is 0 Å². The number of hydrogen-bond donors (Lipinski definition) is 3. The van der Waals surface area contributed by atoms with Gasteiger partial charge in [-0.25, -0.2) is 4.99 Å². The van der Waals surface area contributed by atoms with Crippen LogP contribution in [-0.4, -0.2) is 22.6 Å². The van der Waals surface area contributed by atoms with Crippen molar-refractivity contribution in [3.63, 3.8) is 0 Å². The van der Waals surface area contributed by atoms with E-state index in [2.05, 4.69) is 23.5 Å². The highest BCUT2D eigenvalue weighted by Gasteiger charge is 2.27. The molecule has 0 spiro atoms. The Labute approximate surface area is 139 Å². The van der Waals surface area contributed by atoms with Crippen LogP contribution in [0.1, 0.15) is 21.5 Å². The summed E-state index contributed by atoms with van der Waals surface area (Å²) >= 11 is 0. The van der Waals surface area contributed by atoms with E-state index in [9.17, 15) is 14.7 Å². The maximum atomic E-state index is 12.2. The molecule has 0 bridgehead atoms. The van der Waals surface area contributed by atoms with Gasteiger partial charge < -0.3 is 16.2 Å². The Balaban J connectivity index is 0.00000100. The van der Waals surface area contributed by atoms with Crippen molar-refractivity contribution in [3.05, 3.63) is 66.2 Å². The van der Waals surface area contributed by atoms with Crippen LogP contribution in [0, 0.1) is 6.92 Å². The van der Waals surface area contributed by atoms with Crippen LogP contribution >= 0.6 is 0 Å². The number of carbonyl (C=O) groups excluding carboxylic acids is 2. The molecule has 4 N–H and O–H groups in total. The highest BCUT2D eigenvalue weighted by atomic mass is 16.3. The lowest BCUT2D eigenvalue weighted by molar-refractivity contribution is -0.110. The van der Waals surface area contributed by atoms with Crippen LogP contribution in [0.3, 0.4) is 0 Å². The van der Waals surface area contributed by atoms with Gasteiger partial charge in [0.2, 0.25) is 0 Å². The number of aromatic hydroxyl groups is 1. The molecule has 2 aromatic rings. The lowest BCUT2D eigenvalue weighted by Gasteiger charge is -2.02. The quantitative estimate of drug-likeness (QED) is 0.554. The van der Waals surface area contributed by atoms with Gasteiger partial charge in [0.05, 0.1) is 11.3 Å². The molecule has 1 heterocycles. The van der Waals surface area contributed by atoms with E-state index in [1.807, 2.05) is 13.0 Å². The zero-order chi connectivity index (χ0) is 17.9. The van der Waals surface area contributed by atoms with E-state index in [1.54, 1.807) is 12.1 Å². The van der Waals surface area contributed by atoms with Crippen LogP contribution < -0.4 is 11.1 Å². The number of fused-ring (bicyclic) bond motifs is 1. The normalized spacial score (nSPS) is 13.7. The second-order valence-corrected chi connectivity index (χ2v) is 5.05. The zero-order valence-corrected chi connectivity index (χ0v) is 13.2. The highest BCUT2D eigenvalue weighted by molar-refractivity contribution is 6.55. The standard InChI is InChI=1S/C16H13N3O3.C2H4/c1-8-2-5-12-11(6-8)14(16(22)18-12)19-15(21)10-4-3-9(17)7-13(10)20;1-2/h2-7,20H,17H2,1H3,(H,18,19,21,22);1-2H2. The predicted molar refractivity (Wildman–Crippen MR) is 94.4 cm³/mol. The number of nitrogens with zero attached hydrogens (tertiary/aromatic N) is 1. The van der Waals surface area contributed by atoms with Crippen molar-refractivity contribution >= 4 is 28.9 Å². The van der Waals surface area contributed by atoms with E-state index in [0.717, 1.165) is 5.56 Å². The number of nitrogens with two attached hydrogens (primary N) is 1. The summed E-state index contributed by atoms with van der Waals surface area (Å²) in [6.45, 7) is 7.88. The molecule has 0 radical (unpaired) electrons. The maximum Gasteiger partial charge on any atom is 0.281 e. The minimum Gasteiger partial charge on any atom is -0.507 e. The van der Waals surface area contributed by atoms with E-state index >= 15 is 0 Å². The van der Waals surface area contributed by atoms with Gasteiger partial charge in [0.15, 0.2) is 0 Å². The molecule has 0 unspecified atom stereocenters. The van der Waals surface area contributed by atoms with E-state index in [1.165, 1.54) is 18.2 Å². The summed E-state index contributed by atoms with van der Waals surface area (Å²) in [6, 6.07) is 9.52. The smallest absolute Gasteiger partial charge is 0.281 e. The van der Waals surface area contributed by atoms with Crippen molar-refractivity contribution < 1.29 is 14.7 Å². The first kappa shape index (κ1) is 17.0. The van der Waals surface area contributed by atoms with Crippen LogP contribution in [0.4, 0.5) is 11.4 Å². The van der Waals surface area contributed by atoms with Crippen molar-refractivity contribution in [2.45, 2.75) is 6.92 Å². The number of aryl methyl sites for hydroxylation is 1. The number of nitrogen functional groups attached to an aromatic ring is 1. The Hall–Kier alpha value is -3.41. The molecule has 0 saturated carbocycles. The first-order valence-corrected chi connectivity index (χ1v) is 7.09. The fraction of sp³-hybridized carbons (Fsp3) is 0.0556. The molecule has 0 saturated heterocycles. The second kappa shape index (κ2) is 6.78. The van der Waals surface area contributed by atoms with Gasteiger partial charge in [-0.3, -0.25) is 9.59 Å². The molecule has 2 amide bonds. The molecule has 24 heavy (non-hydrogen) atoms. The summed E-state index contributed by atoms with van der Waals surface area (Å²) in [5, 5.41) is 12.4. The van der Waals surface area contributed by atoms with E-state index < -0.39 is 11.8 Å². The summed E-state index contributed by atoms with van der Waals surface area (Å²) < 4.78 is 0. The SMILES string of the molecule is C=C.Cc1ccc2c(c1)C(=NC(=O)c1ccc(N)cc1O)C(=O)N2. The van der Waals surface area contributed by atoms with Crippen molar-refractivity contribution in [1.29, 1.82) is 0 Å². The number of carbonyl (C=O) groups is 2. The number of phenolic OH excluding ortho intramolecular Hbond substituents is 1. The van der Waals surface area contributed by atoms with Gasteiger partial charge in [-0.05, 0) is 31.2 Å². The summed E-state index contributed by atoms with van der Waals surface area (Å²) in [5.74, 6) is -1.40. The van der Waals surface area contributed by atoms with Gasteiger partial charge in [0.25, 0.3) is 11.8 Å². The Kier molecular flexibility index (Phi) is 4.79. The average molecular weight is 323 g/mol. The maximum absolute atomic E-state index is 12.2. The van der Waals surface area contributed by atoms with E-state index in [4.69, 9.17) is 5.73 Å². The van der Waals surface area contributed by atoms with Gasteiger partial charge >= 0.3 is 0 Å². The summed E-state index contributed by atoms with van der Waals surface area (Å²) in [4.78, 5) is 28.0. The van der Waals surface area contributed by atoms with E-state index in [0.29, 0.717) is 16.9 Å². The summed E-state index contributed by atoms with van der Waals surface area (Å²) in [6.07, 6.45) is 0. The van der Waals surface area contributed by atoms with E-state index in [-0.39, 0.29) is 17.0 Å². The van der Waals surface area contributed by atoms with Gasteiger partial charge in [-0.2, -0.15) is 0 Å². The number of phenols is 1. The molecule has 0 atom stereocenters. The highest BCUT2D eigenvalue weighted by Crippen LogP contribution is 2.26. The van der Waals surface area contributed by atoms with Crippen molar-refractivity contribution in [2.24, 2.45) is 4.99 Å². The number of benzene rings is 2. The first-order chi connectivity index (χ1) is 11.5. The molecule has 2 aromatic carbocycles. The Morgan fingerprint density at radius 3 is 2.58 bits per heavy atom. The Bertz CT molecular complexity index is 857. The van der Waals surface area contributed by atoms with Gasteiger partial charge in [-0.15, -0.1) is 13.2 Å². The van der Waals surface area contributed by atoms with Crippen LogP contribution in [0.15, 0.2) is 54.5 Å². The molecule has 122 valence electrons. The van der Waals surface area contributed by atoms with Crippen LogP contribution in [-0.2, 0) is 4.79 Å². The number of nitrogens with one attached hydrogen (secondary N) is 1. The van der Waals surface area contributed by atoms with Crippen molar-refractivity contribution in [2.75, 3.05) is 11.1 Å². The first-order valence-electron chi connectivity index (χ1n) is 7.09. The van der Waals surface area contributed by atoms with Crippen LogP contribution in [0.25, 0.3) is 0 Å². The number of hydrogen-bond acceptors (Lipinski definition) is 4. The predicted octanol–water partition coefficient (Wildman–Crippen LogP) is 2.67. The largest absolute Gasteiger partial charge is 0.507 e. The monoisotopic (exact) mass is 323 g/mol. The van der Waals surface area contributed by atoms with Crippen LogP contribution in [0.5, 0.6) is 5.75 Å². The molecule has 0 aliphatic carbocycles. The average Bonchev–Trinajstić information content (AvgIpc) is 2.85. The minimum absolute atomic E-state index is 0.00407. The Morgan fingerprint density at radius 1 is 1.21 bits per heavy atom. The summed E-state index contributed by atoms with van der Waals surface area (Å²) in [7, 11) is 0. The number of amides is 2. The third-order valence-corrected chi connectivity index (χ3v) is 3.36. The number of anilines is 2. The third kappa shape index (κ3) is 3.17. The Morgan fingerprint density at radius 2 is 1.92 bits per heavy atom. The fourth-order valence-corrected chi connectivity index (χ4v) is 2.27. The second-order valence-electron chi connectivity index (χ2n) is 5.05. The lowest BCUT2D eigenvalue weighted by Crippen LogP contribution is -2.16. The topological polar surface area (TPSA) is 105 Å². The van der Waals surface area contributed by atoms with Gasteiger partial charge in [-0.1, -0.05) is 11.6 Å². The number of aliphatic imine (C=N–C) groups is 1. The zero-order valence-electron chi connectivity index (χ0n) is 13.2. The van der Waals surface area contributed by atoms with Crippen molar-refractivity contribution in [1.82, 2.24) is 0 Å². The molecule has 1 aliphatic heterocycles. The summed E-state index contributed by atoms with van der Waals surface area (Å²) in [5.41, 5.74) is 8.04. The minimum atomic E-state index is -0.697. The molecule has 6 heteroatoms. The number of rotatable bonds is 1. The van der Waals surface area contributed by atoms with Crippen molar-refractivity contribution in [3.8, 4) is 5.75 Å². The molecule has 3 rings (SSSR count). The molecule has 1 aliphatic rings. The third-order valence-electron chi connectivity index (χ3n) is 3.36. The fourth-order valence-electron chi connectivity index (χ4n) is 2.27. The van der Waals surface area contributed by atoms with Gasteiger partial charge in [0.1, 0.15) is 11.5 Å². The molecular weight excluding hydrogens is 306 g/mol. The van der Waals surface area contributed by atoms with Gasteiger partial charge in [0, 0.05) is 17.3 Å². The molecule has 0 aromatic heterocycles.